The van der Waals surface area contributed by atoms with Gasteiger partial charge in [0, 0.05) is 18.6 Å². The molecule has 3 heterocycles. The van der Waals surface area contributed by atoms with E-state index in [1.807, 2.05) is 0 Å². The summed E-state index contributed by atoms with van der Waals surface area (Å²) in [6.45, 7) is 8.40. The monoisotopic (exact) mass is 258 g/mol. The second-order valence-electron chi connectivity index (χ2n) is 6.50. The number of nitrogens with zero attached hydrogens (tertiary/aromatic N) is 1. The topological polar surface area (TPSA) is 15.3 Å². The molecular weight excluding hydrogens is 232 g/mol. The Morgan fingerprint density at radius 1 is 1.16 bits per heavy atom. The second kappa shape index (κ2) is 5.64. The molecule has 3 aliphatic heterocycles. The number of nitrogens with one attached hydrogen (secondary N) is 1. The molecule has 2 bridgehead atoms. The van der Waals surface area contributed by atoms with Gasteiger partial charge in [0.15, 0.2) is 0 Å². The summed E-state index contributed by atoms with van der Waals surface area (Å²) in [5.74, 6) is 1.64. The predicted octanol–water partition coefficient (Wildman–Crippen LogP) is 2.90. The summed E-state index contributed by atoms with van der Waals surface area (Å²) in [4.78, 5) is 2.72. The van der Waals surface area contributed by atoms with Crippen LogP contribution in [-0.4, -0.2) is 30.1 Å². The minimum absolute atomic E-state index is 0.683. The maximum atomic E-state index is 3.86. The Labute approximate surface area is 117 Å². The summed E-state index contributed by atoms with van der Waals surface area (Å²) in [5.41, 5.74) is 1.40. The summed E-state index contributed by atoms with van der Waals surface area (Å²) in [6, 6.07) is 12.2. The SMILES string of the molecule is CC(C)C1C(NCc2ccccc2)C2CCN1CC2. The summed E-state index contributed by atoms with van der Waals surface area (Å²) in [5, 5.41) is 3.86. The van der Waals surface area contributed by atoms with Crippen LogP contribution in [0.4, 0.5) is 0 Å². The first-order valence-corrected chi connectivity index (χ1v) is 7.77. The lowest BCUT2D eigenvalue weighted by molar-refractivity contribution is -0.00936. The Hall–Kier alpha value is -0.860. The van der Waals surface area contributed by atoms with Crippen molar-refractivity contribution in [3.63, 3.8) is 0 Å². The minimum Gasteiger partial charge on any atom is -0.308 e. The molecule has 3 fully saturated rings. The van der Waals surface area contributed by atoms with E-state index < -0.39 is 0 Å². The minimum atomic E-state index is 0.683. The van der Waals surface area contributed by atoms with Crippen molar-refractivity contribution < 1.29 is 0 Å². The molecule has 0 spiro atoms. The smallest absolute Gasteiger partial charge is 0.0275 e. The fraction of sp³-hybridized carbons (Fsp3) is 0.647. The normalized spacial score (nSPS) is 33.8. The van der Waals surface area contributed by atoms with Gasteiger partial charge >= 0.3 is 0 Å². The van der Waals surface area contributed by atoms with Crippen LogP contribution in [-0.2, 0) is 6.54 Å². The van der Waals surface area contributed by atoms with Gasteiger partial charge in [-0.2, -0.15) is 0 Å². The van der Waals surface area contributed by atoms with E-state index in [9.17, 15) is 0 Å². The van der Waals surface area contributed by atoms with Crippen LogP contribution < -0.4 is 5.32 Å². The average Bonchev–Trinajstić information content (AvgIpc) is 2.46. The van der Waals surface area contributed by atoms with Gasteiger partial charge in [-0.3, -0.25) is 4.90 Å². The molecule has 0 aliphatic carbocycles. The maximum Gasteiger partial charge on any atom is 0.0275 e. The summed E-state index contributed by atoms with van der Waals surface area (Å²) in [7, 11) is 0. The molecule has 3 saturated heterocycles. The molecule has 2 nitrogen and oxygen atoms in total. The zero-order valence-electron chi connectivity index (χ0n) is 12.2. The molecule has 0 saturated carbocycles. The highest BCUT2D eigenvalue weighted by Gasteiger charge is 2.42. The van der Waals surface area contributed by atoms with Crippen molar-refractivity contribution >= 4 is 0 Å². The van der Waals surface area contributed by atoms with Crippen molar-refractivity contribution in [1.82, 2.24) is 10.2 Å². The molecule has 0 aromatic heterocycles. The van der Waals surface area contributed by atoms with Crippen molar-refractivity contribution in [2.24, 2.45) is 11.8 Å². The van der Waals surface area contributed by atoms with Crippen LogP contribution in [0.25, 0.3) is 0 Å². The zero-order chi connectivity index (χ0) is 13.2. The van der Waals surface area contributed by atoms with E-state index in [0.717, 1.165) is 24.4 Å². The Kier molecular flexibility index (Phi) is 3.90. The van der Waals surface area contributed by atoms with Crippen LogP contribution in [0.1, 0.15) is 32.3 Å². The average molecular weight is 258 g/mol. The van der Waals surface area contributed by atoms with E-state index in [1.54, 1.807) is 0 Å². The van der Waals surface area contributed by atoms with Crippen molar-refractivity contribution in [2.45, 2.75) is 45.3 Å². The van der Waals surface area contributed by atoms with Crippen LogP contribution >= 0.6 is 0 Å². The molecule has 1 N–H and O–H groups in total. The predicted molar refractivity (Wildman–Crippen MR) is 80.0 cm³/mol. The van der Waals surface area contributed by atoms with Gasteiger partial charge in [-0.15, -0.1) is 0 Å². The van der Waals surface area contributed by atoms with Gasteiger partial charge in [0.25, 0.3) is 0 Å². The summed E-state index contributed by atoms with van der Waals surface area (Å²) >= 11 is 0. The van der Waals surface area contributed by atoms with Gasteiger partial charge in [0.2, 0.25) is 0 Å². The van der Waals surface area contributed by atoms with Gasteiger partial charge in [0.1, 0.15) is 0 Å². The highest BCUT2D eigenvalue weighted by Crippen LogP contribution is 2.35. The zero-order valence-corrected chi connectivity index (χ0v) is 12.2. The molecular formula is C17H26N2. The third-order valence-corrected chi connectivity index (χ3v) is 4.94. The number of piperidine rings is 3. The first-order chi connectivity index (χ1) is 9.25. The molecule has 4 rings (SSSR count). The number of rotatable bonds is 4. The van der Waals surface area contributed by atoms with Gasteiger partial charge in [-0.25, -0.2) is 0 Å². The van der Waals surface area contributed by atoms with Crippen LogP contribution in [0.15, 0.2) is 30.3 Å². The fourth-order valence-electron chi connectivity index (χ4n) is 4.04. The van der Waals surface area contributed by atoms with E-state index in [2.05, 4.69) is 54.4 Å². The van der Waals surface area contributed by atoms with E-state index in [1.165, 1.54) is 31.5 Å². The van der Waals surface area contributed by atoms with Crippen molar-refractivity contribution in [3.8, 4) is 0 Å². The first-order valence-electron chi connectivity index (χ1n) is 7.77. The Bertz CT molecular complexity index is 393. The van der Waals surface area contributed by atoms with Gasteiger partial charge < -0.3 is 5.32 Å². The van der Waals surface area contributed by atoms with Crippen LogP contribution in [0, 0.1) is 11.8 Å². The van der Waals surface area contributed by atoms with Crippen LogP contribution in [0.3, 0.4) is 0 Å². The Morgan fingerprint density at radius 2 is 1.84 bits per heavy atom. The lowest BCUT2D eigenvalue weighted by atomic mass is 9.75. The highest BCUT2D eigenvalue weighted by atomic mass is 15.2. The fourth-order valence-corrected chi connectivity index (χ4v) is 4.04. The number of hydrogen-bond donors (Lipinski definition) is 1. The van der Waals surface area contributed by atoms with Crippen molar-refractivity contribution in [1.29, 1.82) is 0 Å². The lowest BCUT2D eigenvalue weighted by Crippen LogP contribution is -2.64. The van der Waals surface area contributed by atoms with E-state index in [-0.39, 0.29) is 0 Å². The second-order valence-corrected chi connectivity index (χ2v) is 6.50. The molecule has 2 heteroatoms. The molecule has 0 amide bonds. The van der Waals surface area contributed by atoms with Crippen molar-refractivity contribution in [3.05, 3.63) is 35.9 Å². The first kappa shape index (κ1) is 13.1. The Morgan fingerprint density at radius 3 is 2.47 bits per heavy atom. The molecule has 19 heavy (non-hydrogen) atoms. The number of benzene rings is 1. The molecule has 104 valence electrons. The van der Waals surface area contributed by atoms with E-state index in [0.29, 0.717) is 6.04 Å². The lowest BCUT2D eigenvalue weighted by Gasteiger charge is -2.53. The van der Waals surface area contributed by atoms with Gasteiger partial charge in [0.05, 0.1) is 0 Å². The molecule has 2 atom stereocenters. The van der Waals surface area contributed by atoms with Gasteiger partial charge in [-0.05, 0) is 43.3 Å². The number of fused-ring (bicyclic) bond motifs is 3. The largest absolute Gasteiger partial charge is 0.308 e. The molecule has 1 aromatic carbocycles. The Balaban J connectivity index is 1.68. The molecule has 1 aromatic rings. The number of hydrogen-bond acceptors (Lipinski definition) is 2. The van der Waals surface area contributed by atoms with Crippen LogP contribution in [0.5, 0.6) is 0 Å². The molecule has 2 unspecified atom stereocenters. The van der Waals surface area contributed by atoms with Gasteiger partial charge in [-0.1, -0.05) is 44.2 Å². The highest BCUT2D eigenvalue weighted by molar-refractivity contribution is 5.15. The molecule has 3 aliphatic rings. The maximum absolute atomic E-state index is 3.86. The quantitative estimate of drug-likeness (QED) is 0.893. The van der Waals surface area contributed by atoms with E-state index in [4.69, 9.17) is 0 Å². The summed E-state index contributed by atoms with van der Waals surface area (Å²) in [6.07, 6.45) is 2.77. The van der Waals surface area contributed by atoms with Crippen LogP contribution in [0.2, 0.25) is 0 Å². The third-order valence-electron chi connectivity index (χ3n) is 4.94. The van der Waals surface area contributed by atoms with Crippen molar-refractivity contribution in [2.75, 3.05) is 13.1 Å². The molecule has 0 radical (unpaired) electrons. The van der Waals surface area contributed by atoms with E-state index >= 15 is 0 Å². The summed E-state index contributed by atoms with van der Waals surface area (Å²) < 4.78 is 0. The third kappa shape index (κ3) is 2.70. The standard InChI is InChI=1S/C17H26N2/c1-13(2)17-16(15-8-10-19(17)11-9-15)18-12-14-6-4-3-5-7-14/h3-7,13,15-18H,8-12H2,1-2H3.